The Morgan fingerprint density at radius 1 is 0.565 bits per heavy atom. The van der Waals surface area contributed by atoms with Crippen LogP contribution in [0.5, 0.6) is 0 Å². The highest BCUT2D eigenvalue weighted by atomic mass is 14.3. The molecule has 0 aliphatic heterocycles. The molecule has 0 rings (SSSR count). The van der Waals surface area contributed by atoms with Gasteiger partial charge in [0, 0.05) is 0 Å². The fourth-order valence-electron chi connectivity index (χ4n) is 3.94. The average Bonchev–Trinajstić information content (AvgIpc) is 2.57. The first-order valence-electron chi connectivity index (χ1n) is 10.9. The van der Waals surface area contributed by atoms with Crippen LogP contribution in [0.25, 0.3) is 0 Å². The van der Waals surface area contributed by atoms with E-state index in [4.69, 9.17) is 0 Å². The third kappa shape index (κ3) is 12.8. The van der Waals surface area contributed by atoms with Crippen molar-refractivity contribution in [3.05, 3.63) is 12.7 Å². The summed E-state index contributed by atoms with van der Waals surface area (Å²) in [6.07, 6.45) is 26.2. The molecule has 0 aromatic heterocycles. The fraction of sp³-hybridized carbons (Fsp3) is 0.913. The molecule has 0 aliphatic rings. The third-order valence-corrected chi connectivity index (χ3v) is 5.56. The van der Waals surface area contributed by atoms with Crippen LogP contribution in [-0.4, -0.2) is 0 Å². The van der Waals surface area contributed by atoms with E-state index < -0.39 is 0 Å². The number of rotatable bonds is 18. The van der Waals surface area contributed by atoms with Crippen LogP contribution in [-0.2, 0) is 0 Å². The van der Waals surface area contributed by atoms with Gasteiger partial charge in [0.05, 0.1) is 0 Å². The maximum atomic E-state index is 3.99. The van der Waals surface area contributed by atoms with Gasteiger partial charge in [0.1, 0.15) is 0 Å². The standard InChI is InChI=1S/C23H46/c1-5-9-13-16-20-23(19-12-8-4,21-17-14-10-6-2)22-18-15-11-7-3/h8H,4-7,9-22H2,1-3H3. The Hall–Kier alpha value is -0.260. The van der Waals surface area contributed by atoms with Gasteiger partial charge in [-0.2, -0.15) is 0 Å². The second kappa shape index (κ2) is 16.6. The lowest BCUT2D eigenvalue weighted by molar-refractivity contribution is 0.179. The van der Waals surface area contributed by atoms with Gasteiger partial charge in [-0.15, -0.1) is 6.58 Å². The molecule has 23 heavy (non-hydrogen) atoms. The zero-order chi connectivity index (χ0) is 17.2. The molecule has 0 heteroatoms. The minimum atomic E-state index is 0.628. The summed E-state index contributed by atoms with van der Waals surface area (Å²) < 4.78 is 0. The molecule has 0 fully saturated rings. The van der Waals surface area contributed by atoms with Crippen LogP contribution in [0.15, 0.2) is 12.7 Å². The topological polar surface area (TPSA) is 0 Å². The molecule has 138 valence electrons. The van der Waals surface area contributed by atoms with Crippen molar-refractivity contribution in [3.8, 4) is 0 Å². The quantitative estimate of drug-likeness (QED) is 0.174. The fourth-order valence-corrected chi connectivity index (χ4v) is 3.94. The van der Waals surface area contributed by atoms with Crippen molar-refractivity contribution in [2.75, 3.05) is 0 Å². The average molecular weight is 323 g/mol. The Morgan fingerprint density at radius 2 is 0.957 bits per heavy atom. The minimum absolute atomic E-state index is 0.628. The monoisotopic (exact) mass is 322 g/mol. The number of unbranched alkanes of at least 4 members (excludes halogenated alkanes) is 9. The first kappa shape index (κ1) is 22.7. The molecular formula is C23H46. The predicted octanol–water partition coefficient (Wildman–Crippen LogP) is 8.85. The van der Waals surface area contributed by atoms with Gasteiger partial charge in [-0.25, -0.2) is 0 Å². The largest absolute Gasteiger partial charge is 0.103 e. The van der Waals surface area contributed by atoms with Gasteiger partial charge in [-0.05, 0) is 37.5 Å². The van der Waals surface area contributed by atoms with Crippen molar-refractivity contribution in [1.29, 1.82) is 0 Å². The van der Waals surface area contributed by atoms with E-state index in [1.54, 1.807) is 0 Å². The van der Waals surface area contributed by atoms with Gasteiger partial charge in [-0.1, -0.05) is 104 Å². The lowest BCUT2D eigenvalue weighted by Crippen LogP contribution is -2.21. The van der Waals surface area contributed by atoms with Crippen molar-refractivity contribution in [2.24, 2.45) is 5.41 Å². The molecule has 0 aliphatic carbocycles. The van der Waals surface area contributed by atoms with Gasteiger partial charge in [0.2, 0.25) is 0 Å². The molecule has 0 saturated carbocycles. The van der Waals surface area contributed by atoms with Gasteiger partial charge in [0.15, 0.2) is 0 Å². The highest BCUT2D eigenvalue weighted by molar-refractivity contribution is 4.83. The van der Waals surface area contributed by atoms with E-state index in [9.17, 15) is 0 Å². The SMILES string of the molecule is C=CCCC(CCCCCC)(CCCCCC)CCCCCC. The van der Waals surface area contributed by atoms with Crippen LogP contribution >= 0.6 is 0 Å². The van der Waals surface area contributed by atoms with Crippen LogP contribution < -0.4 is 0 Å². The van der Waals surface area contributed by atoms with Crippen molar-refractivity contribution in [2.45, 2.75) is 130 Å². The molecule has 0 aromatic carbocycles. The first-order chi connectivity index (χ1) is 11.2. The number of hydrogen-bond acceptors (Lipinski definition) is 0. The van der Waals surface area contributed by atoms with E-state index in [-0.39, 0.29) is 0 Å². The highest BCUT2D eigenvalue weighted by Gasteiger charge is 2.27. The summed E-state index contributed by atoms with van der Waals surface area (Å²) in [7, 11) is 0. The van der Waals surface area contributed by atoms with Crippen molar-refractivity contribution in [1.82, 2.24) is 0 Å². The second-order valence-corrected chi connectivity index (χ2v) is 7.76. The summed E-state index contributed by atoms with van der Waals surface area (Å²) in [5.74, 6) is 0. The molecule has 0 spiro atoms. The molecule has 0 N–H and O–H groups in total. The van der Waals surface area contributed by atoms with Crippen LogP contribution in [0.1, 0.15) is 130 Å². The maximum Gasteiger partial charge on any atom is -0.0295 e. The molecule has 0 atom stereocenters. The van der Waals surface area contributed by atoms with Crippen LogP contribution in [0.3, 0.4) is 0 Å². The van der Waals surface area contributed by atoms with Gasteiger partial charge < -0.3 is 0 Å². The highest BCUT2D eigenvalue weighted by Crippen LogP contribution is 2.41. The summed E-state index contributed by atoms with van der Waals surface area (Å²) in [5.41, 5.74) is 0.628. The first-order valence-corrected chi connectivity index (χ1v) is 10.9. The van der Waals surface area contributed by atoms with Crippen LogP contribution in [0.4, 0.5) is 0 Å². The predicted molar refractivity (Wildman–Crippen MR) is 108 cm³/mol. The zero-order valence-electron chi connectivity index (χ0n) is 16.8. The van der Waals surface area contributed by atoms with E-state index >= 15 is 0 Å². The molecular weight excluding hydrogens is 276 g/mol. The Kier molecular flexibility index (Phi) is 16.4. The third-order valence-electron chi connectivity index (χ3n) is 5.56. The Balaban J connectivity index is 4.54. The molecule has 0 saturated heterocycles. The summed E-state index contributed by atoms with van der Waals surface area (Å²) in [6.45, 7) is 11.0. The maximum absolute atomic E-state index is 3.99. The number of hydrogen-bond donors (Lipinski definition) is 0. The molecule has 0 unspecified atom stereocenters. The second-order valence-electron chi connectivity index (χ2n) is 7.76. The Labute approximate surface area is 148 Å². The van der Waals surface area contributed by atoms with E-state index in [1.165, 1.54) is 109 Å². The Morgan fingerprint density at radius 3 is 1.26 bits per heavy atom. The normalized spacial score (nSPS) is 11.8. The van der Waals surface area contributed by atoms with Crippen LogP contribution in [0, 0.1) is 5.41 Å². The lowest BCUT2D eigenvalue weighted by Gasteiger charge is -2.35. The van der Waals surface area contributed by atoms with Crippen molar-refractivity contribution >= 4 is 0 Å². The number of allylic oxidation sites excluding steroid dienone is 1. The van der Waals surface area contributed by atoms with Gasteiger partial charge in [-0.3, -0.25) is 0 Å². The lowest BCUT2D eigenvalue weighted by atomic mass is 9.71. The molecule has 0 heterocycles. The molecule has 0 bridgehead atoms. The molecule has 0 radical (unpaired) electrons. The van der Waals surface area contributed by atoms with Crippen LogP contribution in [0.2, 0.25) is 0 Å². The smallest absolute Gasteiger partial charge is 0.0295 e. The molecule has 0 nitrogen and oxygen atoms in total. The van der Waals surface area contributed by atoms with E-state index in [2.05, 4.69) is 33.4 Å². The van der Waals surface area contributed by atoms with Crippen molar-refractivity contribution < 1.29 is 0 Å². The summed E-state index contributed by atoms with van der Waals surface area (Å²) in [6, 6.07) is 0. The minimum Gasteiger partial charge on any atom is -0.103 e. The summed E-state index contributed by atoms with van der Waals surface area (Å²) in [4.78, 5) is 0. The summed E-state index contributed by atoms with van der Waals surface area (Å²) >= 11 is 0. The van der Waals surface area contributed by atoms with Crippen molar-refractivity contribution in [3.63, 3.8) is 0 Å². The van der Waals surface area contributed by atoms with E-state index in [1.807, 2.05) is 0 Å². The Bertz CT molecular complexity index is 209. The molecule has 0 aromatic rings. The van der Waals surface area contributed by atoms with E-state index in [0.29, 0.717) is 5.41 Å². The van der Waals surface area contributed by atoms with Gasteiger partial charge in [0.25, 0.3) is 0 Å². The molecule has 0 amide bonds. The van der Waals surface area contributed by atoms with E-state index in [0.717, 1.165) is 0 Å². The zero-order valence-corrected chi connectivity index (χ0v) is 16.8. The van der Waals surface area contributed by atoms with Gasteiger partial charge >= 0.3 is 0 Å². The summed E-state index contributed by atoms with van der Waals surface area (Å²) in [5, 5.41) is 0.